The van der Waals surface area contributed by atoms with Crippen molar-refractivity contribution < 1.29 is 9.66 Å². The summed E-state index contributed by atoms with van der Waals surface area (Å²) in [4.78, 5) is 14.7. The van der Waals surface area contributed by atoms with Crippen LogP contribution in [0.4, 0.5) is 5.69 Å². The average molecular weight is 448 g/mol. The monoisotopic (exact) mass is 448 g/mol. The summed E-state index contributed by atoms with van der Waals surface area (Å²) in [6.07, 6.45) is 3.51. The zero-order valence-corrected chi connectivity index (χ0v) is 16.2. The number of nitro groups is 1. The quantitative estimate of drug-likeness (QED) is 0.152. The van der Waals surface area contributed by atoms with Crippen LogP contribution in [0.15, 0.2) is 29.3 Å². The molecule has 0 saturated heterocycles. The Morgan fingerprint density at radius 1 is 1.38 bits per heavy atom. The van der Waals surface area contributed by atoms with Gasteiger partial charge in [-0.05, 0) is 25.2 Å². The summed E-state index contributed by atoms with van der Waals surface area (Å²) in [5.74, 6) is 1.42. The van der Waals surface area contributed by atoms with Crippen LogP contribution in [0.2, 0.25) is 0 Å². The lowest BCUT2D eigenvalue weighted by molar-refractivity contribution is -0.385. The van der Waals surface area contributed by atoms with E-state index in [9.17, 15) is 10.1 Å². The third kappa shape index (κ3) is 7.43. The zero-order chi connectivity index (χ0) is 16.5. The molecule has 24 heavy (non-hydrogen) atoms. The van der Waals surface area contributed by atoms with Crippen molar-refractivity contribution in [2.75, 3.05) is 26.8 Å². The van der Waals surface area contributed by atoms with Gasteiger partial charge in [-0.15, -0.1) is 24.0 Å². The molecule has 1 aliphatic rings. The Morgan fingerprint density at radius 3 is 2.79 bits per heavy atom. The fourth-order valence-corrected chi connectivity index (χ4v) is 2.15. The number of hydrogen-bond donors (Lipinski definition) is 2. The summed E-state index contributed by atoms with van der Waals surface area (Å²) in [7, 11) is 1.68. The van der Waals surface area contributed by atoms with Gasteiger partial charge < -0.3 is 15.4 Å². The molecule has 0 aliphatic heterocycles. The zero-order valence-electron chi connectivity index (χ0n) is 13.9. The standard InChI is InChI=1S/C16H24N4O3.HI/c1-17-16(18-9-4-10-23-12-13-7-8-13)19-11-14-5-2-3-6-15(14)20(21)22;/h2-3,5-6,13H,4,7-12H2,1H3,(H2,17,18,19);1H. The van der Waals surface area contributed by atoms with Crippen molar-refractivity contribution in [2.24, 2.45) is 10.9 Å². The predicted octanol–water partition coefficient (Wildman–Crippen LogP) is 2.69. The summed E-state index contributed by atoms with van der Waals surface area (Å²) in [5.41, 5.74) is 0.747. The fraction of sp³-hybridized carbons (Fsp3) is 0.562. The van der Waals surface area contributed by atoms with E-state index in [0.717, 1.165) is 32.1 Å². The van der Waals surface area contributed by atoms with Crippen LogP contribution in [0.3, 0.4) is 0 Å². The van der Waals surface area contributed by atoms with Crippen LogP contribution >= 0.6 is 24.0 Å². The highest BCUT2D eigenvalue weighted by atomic mass is 127. The van der Waals surface area contributed by atoms with Gasteiger partial charge in [0.15, 0.2) is 5.96 Å². The Morgan fingerprint density at radius 2 is 2.12 bits per heavy atom. The Bertz CT molecular complexity index is 550. The van der Waals surface area contributed by atoms with Gasteiger partial charge in [-0.2, -0.15) is 0 Å². The molecule has 1 aliphatic carbocycles. The van der Waals surface area contributed by atoms with Crippen molar-refractivity contribution in [3.8, 4) is 0 Å². The molecule has 0 atom stereocenters. The minimum atomic E-state index is -0.371. The number of nitro benzene ring substituents is 1. The summed E-state index contributed by atoms with van der Waals surface area (Å²) < 4.78 is 5.57. The summed E-state index contributed by atoms with van der Waals surface area (Å²) in [6.45, 7) is 2.73. The SMILES string of the molecule is CN=C(NCCCOCC1CC1)NCc1ccccc1[N+](=O)[O-].I. The molecule has 0 unspecified atom stereocenters. The van der Waals surface area contributed by atoms with Gasteiger partial charge in [-0.25, -0.2) is 0 Å². The maximum Gasteiger partial charge on any atom is 0.274 e. The van der Waals surface area contributed by atoms with Crippen LogP contribution in [-0.4, -0.2) is 37.7 Å². The fourth-order valence-electron chi connectivity index (χ4n) is 2.15. The normalized spacial score (nSPS) is 14.0. The first-order chi connectivity index (χ1) is 11.2. The highest BCUT2D eigenvalue weighted by Gasteiger charge is 2.20. The smallest absolute Gasteiger partial charge is 0.274 e. The molecular weight excluding hydrogens is 423 g/mol. The maximum atomic E-state index is 11.0. The van der Waals surface area contributed by atoms with Crippen LogP contribution in [0.5, 0.6) is 0 Å². The molecule has 0 amide bonds. The van der Waals surface area contributed by atoms with Gasteiger partial charge in [0.2, 0.25) is 0 Å². The van der Waals surface area contributed by atoms with E-state index >= 15 is 0 Å². The van der Waals surface area contributed by atoms with E-state index in [4.69, 9.17) is 4.74 Å². The molecule has 2 rings (SSSR count). The van der Waals surface area contributed by atoms with Gasteiger partial charge in [0, 0.05) is 45.0 Å². The largest absolute Gasteiger partial charge is 0.381 e. The molecule has 1 aromatic carbocycles. The number of hydrogen-bond acceptors (Lipinski definition) is 4. The van der Waals surface area contributed by atoms with Crippen molar-refractivity contribution in [3.05, 3.63) is 39.9 Å². The molecule has 134 valence electrons. The van der Waals surface area contributed by atoms with E-state index in [0.29, 0.717) is 18.1 Å². The van der Waals surface area contributed by atoms with Crippen molar-refractivity contribution in [2.45, 2.75) is 25.8 Å². The second kappa shape index (κ2) is 11.2. The van der Waals surface area contributed by atoms with Gasteiger partial charge in [-0.1, -0.05) is 18.2 Å². The number of nitrogens with zero attached hydrogens (tertiary/aromatic N) is 2. The van der Waals surface area contributed by atoms with E-state index < -0.39 is 0 Å². The number of ether oxygens (including phenoxy) is 1. The van der Waals surface area contributed by atoms with Crippen LogP contribution < -0.4 is 10.6 Å². The molecule has 2 N–H and O–H groups in total. The van der Waals surface area contributed by atoms with Crippen LogP contribution in [-0.2, 0) is 11.3 Å². The van der Waals surface area contributed by atoms with E-state index in [-0.39, 0.29) is 34.6 Å². The number of halogens is 1. The summed E-state index contributed by atoms with van der Waals surface area (Å²) >= 11 is 0. The number of nitrogens with one attached hydrogen (secondary N) is 2. The topological polar surface area (TPSA) is 88.8 Å². The van der Waals surface area contributed by atoms with Crippen molar-refractivity contribution in [3.63, 3.8) is 0 Å². The minimum absolute atomic E-state index is 0. The van der Waals surface area contributed by atoms with E-state index in [1.807, 2.05) is 0 Å². The number of guanidine groups is 1. The van der Waals surface area contributed by atoms with E-state index in [1.54, 1.807) is 25.2 Å². The Hall–Kier alpha value is -1.42. The van der Waals surface area contributed by atoms with Gasteiger partial charge >= 0.3 is 0 Å². The van der Waals surface area contributed by atoms with Crippen molar-refractivity contribution in [1.82, 2.24) is 10.6 Å². The lowest BCUT2D eigenvalue weighted by Gasteiger charge is -2.12. The molecule has 7 nitrogen and oxygen atoms in total. The molecule has 0 bridgehead atoms. The van der Waals surface area contributed by atoms with Gasteiger partial charge in [0.05, 0.1) is 4.92 Å². The molecule has 0 radical (unpaired) electrons. The molecule has 1 fully saturated rings. The van der Waals surface area contributed by atoms with Crippen LogP contribution in [0.25, 0.3) is 0 Å². The summed E-state index contributed by atoms with van der Waals surface area (Å²) in [5, 5.41) is 17.3. The Labute approximate surface area is 159 Å². The molecular formula is C16H25IN4O3. The second-order valence-corrected chi connectivity index (χ2v) is 5.61. The van der Waals surface area contributed by atoms with Crippen molar-refractivity contribution in [1.29, 1.82) is 0 Å². The minimum Gasteiger partial charge on any atom is -0.381 e. The number of aliphatic imine (C=N–C) groups is 1. The molecule has 0 spiro atoms. The lowest BCUT2D eigenvalue weighted by Crippen LogP contribution is -2.37. The lowest BCUT2D eigenvalue weighted by atomic mass is 10.2. The van der Waals surface area contributed by atoms with E-state index in [1.165, 1.54) is 18.9 Å². The predicted molar refractivity (Wildman–Crippen MR) is 105 cm³/mol. The van der Waals surface area contributed by atoms with Gasteiger partial charge in [0.1, 0.15) is 0 Å². The van der Waals surface area contributed by atoms with Crippen LogP contribution in [0.1, 0.15) is 24.8 Å². The maximum absolute atomic E-state index is 11.0. The molecule has 0 heterocycles. The third-order valence-corrected chi connectivity index (χ3v) is 3.67. The van der Waals surface area contributed by atoms with Crippen LogP contribution in [0, 0.1) is 16.0 Å². The Balaban J connectivity index is 0.00000288. The molecule has 1 aromatic rings. The second-order valence-electron chi connectivity index (χ2n) is 5.61. The summed E-state index contributed by atoms with van der Waals surface area (Å²) in [6, 6.07) is 6.70. The number of para-hydroxylation sites is 1. The average Bonchev–Trinajstić information content (AvgIpc) is 3.38. The van der Waals surface area contributed by atoms with E-state index in [2.05, 4.69) is 15.6 Å². The molecule has 0 aromatic heterocycles. The Kier molecular flexibility index (Phi) is 9.62. The molecule has 1 saturated carbocycles. The van der Waals surface area contributed by atoms with Crippen molar-refractivity contribution >= 4 is 35.6 Å². The third-order valence-electron chi connectivity index (χ3n) is 3.67. The first-order valence-corrected chi connectivity index (χ1v) is 7.95. The van der Waals surface area contributed by atoms with Gasteiger partial charge in [0.25, 0.3) is 5.69 Å². The number of rotatable bonds is 9. The first kappa shape index (κ1) is 20.6. The number of benzene rings is 1. The highest BCUT2D eigenvalue weighted by molar-refractivity contribution is 14.0. The molecule has 8 heteroatoms. The first-order valence-electron chi connectivity index (χ1n) is 7.95. The van der Waals surface area contributed by atoms with Gasteiger partial charge in [-0.3, -0.25) is 15.1 Å². The highest BCUT2D eigenvalue weighted by Crippen LogP contribution is 2.28.